The van der Waals surface area contributed by atoms with E-state index in [1.807, 2.05) is 25.1 Å². The van der Waals surface area contributed by atoms with Crippen LogP contribution in [0, 0.1) is 0 Å². The van der Waals surface area contributed by atoms with Gasteiger partial charge in [0, 0.05) is 17.6 Å². The van der Waals surface area contributed by atoms with E-state index in [1.54, 1.807) is 10.9 Å². The van der Waals surface area contributed by atoms with Crippen molar-refractivity contribution in [2.45, 2.75) is 13.5 Å². The summed E-state index contributed by atoms with van der Waals surface area (Å²) in [6, 6.07) is 5.54. The van der Waals surface area contributed by atoms with E-state index >= 15 is 0 Å². The first-order valence-corrected chi connectivity index (χ1v) is 5.18. The van der Waals surface area contributed by atoms with E-state index in [2.05, 4.69) is 10.4 Å². The van der Waals surface area contributed by atoms with Gasteiger partial charge in [0.1, 0.15) is 6.54 Å². The summed E-state index contributed by atoms with van der Waals surface area (Å²) in [6.07, 6.45) is 1.73. The van der Waals surface area contributed by atoms with Crippen LogP contribution in [0.25, 0.3) is 10.9 Å². The molecule has 0 fully saturated rings. The third-order valence-electron chi connectivity index (χ3n) is 2.34. The summed E-state index contributed by atoms with van der Waals surface area (Å²) < 4.78 is 1.65. The minimum absolute atomic E-state index is 0.0464. The highest BCUT2D eigenvalue weighted by Crippen LogP contribution is 2.16. The van der Waals surface area contributed by atoms with Crippen LogP contribution in [0.3, 0.4) is 0 Å². The molecular formula is C11H14N4O. The normalized spacial score (nSPS) is 10.6. The molecule has 5 heteroatoms. The topological polar surface area (TPSA) is 72.9 Å². The number of anilines is 1. The van der Waals surface area contributed by atoms with Gasteiger partial charge in [0.05, 0.1) is 11.7 Å². The van der Waals surface area contributed by atoms with Gasteiger partial charge in [-0.2, -0.15) is 5.10 Å². The molecule has 0 atom stereocenters. The maximum absolute atomic E-state index is 11.4. The van der Waals surface area contributed by atoms with Crippen LogP contribution in [-0.2, 0) is 11.3 Å². The Labute approximate surface area is 93.2 Å². The van der Waals surface area contributed by atoms with E-state index in [4.69, 9.17) is 5.73 Å². The van der Waals surface area contributed by atoms with Crippen molar-refractivity contribution in [3.05, 3.63) is 24.4 Å². The molecule has 5 nitrogen and oxygen atoms in total. The van der Waals surface area contributed by atoms with Crippen molar-refractivity contribution < 1.29 is 4.79 Å². The molecule has 0 aliphatic rings. The first-order chi connectivity index (χ1) is 7.70. The Bertz CT molecular complexity index is 518. The van der Waals surface area contributed by atoms with Gasteiger partial charge in [-0.05, 0) is 25.1 Å². The standard InChI is InChI=1S/C11H14N4O/c1-2-13-11(16)7-15-10-5-9(12)4-3-8(10)6-14-15/h3-6H,2,7,12H2,1H3,(H,13,16). The zero-order valence-corrected chi connectivity index (χ0v) is 9.10. The molecule has 0 aliphatic heterocycles. The highest BCUT2D eigenvalue weighted by molar-refractivity contribution is 5.84. The maximum Gasteiger partial charge on any atom is 0.241 e. The van der Waals surface area contributed by atoms with E-state index in [-0.39, 0.29) is 12.5 Å². The van der Waals surface area contributed by atoms with E-state index in [9.17, 15) is 4.79 Å². The first-order valence-electron chi connectivity index (χ1n) is 5.18. The van der Waals surface area contributed by atoms with Gasteiger partial charge in [-0.15, -0.1) is 0 Å². The van der Waals surface area contributed by atoms with Crippen LogP contribution in [0.1, 0.15) is 6.92 Å². The third-order valence-corrected chi connectivity index (χ3v) is 2.34. The van der Waals surface area contributed by atoms with Crippen molar-refractivity contribution in [1.29, 1.82) is 0 Å². The number of benzene rings is 1. The number of nitrogens with one attached hydrogen (secondary N) is 1. The Balaban J connectivity index is 2.30. The molecule has 0 bridgehead atoms. The quantitative estimate of drug-likeness (QED) is 0.747. The predicted octanol–water partition coefficient (Wildman–Crippen LogP) is 0.755. The molecule has 84 valence electrons. The molecular weight excluding hydrogens is 204 g/mol. The van der Waals surface area contributed by atoms with Crippen molar-refractivity contribution in [3.63, 3.8) is 0 Å². The minimum atomic E-state index is -0.0464. The molecule has 0 saturated carbocycles. The molecule has 2 rings (SSSR count). The first kappa shape index (κ1) is 10.5. The predicted molar refractivity (Wildman–Crippen MR) is 62.8 cm³/mol. The molecule has 0 aliphatic carbocycles. The van der Waals surface area contributed by atoms with Crippen LogP contribution >= 0.6 is 0 Å². The zero-order valence-electron chi connectivity index (χ0n) is 9.10. The van der Waals surface area contributed by atoms with Gasteiger partial charge in [-0.1, -0.05) is 0 Å². The van der Waals surface area contributed by atoms with Gasteiger partial charge in [0.15, 0.2) is 0 Å². The van der Waals surface area contributed by atoms with Gasteiger partial charge in [0.2, 0.25) is 5.91 Å². The zero-order chi connectivity index (χ0) is 11.5. The van der Waals surface area contributed by atoms with Crippen LogP contribution < -0.4 is 11.1 Å². The lowest BCUT2D eigenvalue weighted by atomic mass is 10.2. The van der Waals surface area contributed by atoms with E-state index < -0.39 is 0 Å². The molecule has 1 heterocycles. The number of hydrogen-bond donors (Lipinski definition) is 2. The number of carbonyl (C=O) groups is 1. The van der Waals surface area contributed by atoms with Crippen molar-refractivity contribution >= 4 is 22.5 Å². The highest BCUT2D eigenvalue weighted by Gasteiger charge is 2.06. The SMILES string of the molecule is CCNC(=O)Cn1ncc2ccc(N)cc21. The summed E-state index contributed by atoms with van der Waals surface area (Å²) in [5.41, 5.74) is 7.25. The second-order valence-corrected chi connectivity index (χ2v) is 3.57. The summed E-state index contributed by atoms with van der Waals surface area (Å²) in [7, 11) is 0. The van der Waals surface area contributed by atoms with E-state index in [0.717, 1.165) is 10.9 Å². The Morgan fingerprint density at radius 2 is 2.38 bits per heavy atom. The fourth-order valence-electron chi connectivity index (χ4n) is 1.60. The molecule has 3 N–H and O–H groups in total. The molecule has 1 aromatic carbocycles. The number of rotatable bonds is 3. The number of amides is 1. The van der Waals surface area contributed by atoms with E-state index in [1.165, 1.54) is 0 Å². The Morgan fingerprint density at radius 1 is 1.56 bits per heavy atom. The third kappa shape index (κ3) is 1.98. The average Bonchev–Trinajstić information content (AvgIpc) is 2.61. The summed E-state index contributed by atoms with van der Waals surface area (Å²) in [5, 5.41) is 7.88. The van der Waals surface area contributed by atoms with Crippen LogP contribution in [-0.4, -0.2) is 22.2 Å². The summed E-state index contributed by atoms with van der Waals surface area (Å²) in [6.45, 7) is 2.73. The molecule has 1 aromatic heterocycles. The summed E-state index contributed by atoms with van der Waals surface area (Å²) in [5.74, 6) is -0.0464. The number of aromatic nitrogens is 2. The molecule has 0 spiro atoms. The van der Waals surface area contributed by atoms with Crippen molar-refractivity contribution in [1.82, 2.24) is 15.1 Å². The van der Waals surface area contributed by atoms with Gasteiger partial charge in [-0.25, -0.2) is 0 Å². The molecule has 0 saturated heterocycles. The number of nitrogens with two attached hydrogens (primary N) is 1. The monoisotopic (exact) mass is 218 g/mol. The molecule has 0 unspecified atom stereocenters. The van der Waals surface area contributed by atoms with Crippen LogP contribution in [0.4, 0.5) is 5.69 Å². The second-order valence-electron chi connectivity index (χ2n) is 3.57. The lowest BCUT2D eigenvalue weighted by molar-refractivity contribution is -0.121. The number of fused-ring (bicyclic) bond motifs is 1. The van der Waals surface area contributed by atoms with Crippen LogP contribution in [0.15, 0.2) is 24.4 Å². The van der Waals surface area contributed by atoms with Crippen molar-refractivity contribution in [3.8, 4) is 0 Å². The molecule has 0 radical (unpaired) electrons. The number of nitrogen functional groups attached to an aromatic ring is 1. The maximum atomic E-state index is 11.4. The Kier molecular flexibility index (Phi) is 2.76. The molecule has 2 aromatic rings. The lowest BCUT2D eigenvalue weighted by Gasteiger charge is -2.04. The lowest BCUT2D eigenvalue weighted by Crippen LogP contribution is -2.27. The van der Waals surface area contributed by atoms with Gasteiger partial charge in [0.25, 0.3) is 0 Å². The fraction of sp³-hybridized carbons (Fsp3) is 0.273. The Hall–Kier alpha value is -2.04. The summed E-state index contributed by atoms with van der Waals surface area (Å²) in [4.78, 5) is 11.4. The highest BCUT2D eigenvalue weighted by atomic mass is 16.2. The van der Waals surface area contributed by atoms with Gasteiger partial charge >= 0.3 is 0 Å². The van der Waals surface area contributed by atoms with Crippen LogP contribution in [0.5, 0.6) is 0 Å². The average molecular weight is 218 g/mol. The van der Waals surface area contributed by atoms with E-state index in [0.29, 0.717) is 12.2 Å². The van der Waals surface area contributed by atoms with Gasteiger partial charge in [-0.3, -0.25) is 9.48 Å². The second kappa shape index (κ2) is 4.22. The fourth-order valence-corrected chi connectivity index (χ4v) is 1.60. The van der Waals surface area contributed by atoms with Gasteiger partial charge < -0.3 is 11.1 Å². The molecule has 1 amide bonds. The smallest absolute Gasteiger partial charge is 0.241 e. The number of likely N-dealkylation sites (N-methyl/N-ethyl adjacent to an activating group) is 1. The largest absolute Gasteiger partial charge is 0.399 e. The number of hydrogen-bond acceptors (Lipinski definition) is 3. The summed E-state index contributed by atoms with van der Waals surface area (Å²) >= 11 is 0. The van der Waals surface area contributed by atoms with Crippen molar-refractivity contribution in [2.75, 3.05) is 12.3 Å². The molecule has 16 heavy (non-hydrogen) atoms. The van der Waals surface area contributed by atoms with Crippen LogP contribution in [0.2, 0.25) is 0 Å². The minimum Gasteiger partial charge on any atom is -0.399 e. The number of nitrogens with zero attached hydrogens (tertiary/aromatic N) is 2. The number of carbonyl (C=O) groups excluding carboxylic acids is 1. The van der Waals surface area contributed by atoms with Crippen molar-refractivity contribution in [2.24, 2.45) is 0 Å². The Morgan fingerprint density at radius 3 is 3.12 bits per heavy atom.